The van der Waals surface area contributed by atoms with Crippen LogP contribution in [-0.4, -0.2) is 55.2 Å². The summed E-state index contributed by atoms with van der Waals surface area (Å²) in [5.74, 6) is 0.749. The lowest BCUT2D eigenvalue weighted by Gasteiger charge is -2.32. The SMILES string of the molecule is Cc1cc(C)n2cc(CN3CCC[C@H](n4ncc(N(C)C(C)C)cc4=O)C3)nc2n1. The molecule has 8 nitrogen and oxygen atoms in total. The van der Waals surface area contributed by atoms with Crippen LogP contribution >= 0.6 is 0 Å². The topological polar surface area (TPSA) is 71.6 Å². The molecule has 1 aliphatic rings. The van der Waals surface area contributed by atoms with Crippen LogP contribution in [0.5, 0.6) is 0 Å². The largest absolute Gasteiger partial charge is 0.371 e. The van der Waals surface area contributed by atoms with Gasteiger partial charge in [-0.25, -0.2) is 14.6 Å². The molecule has 0 unspecified atom stereocenters. The summed E-state index contributed by atoms with van der Waals surface area (Å²) in [6.45, 7) is 10.8. The van der Waals surface area contributed by atoms with Crippen molar-refractivity contribution in [1.29, 1.82) is 0 Å². The molecule has 4 heterocycles. The number of aromatic nitrogens is 5. The second-order valence-electron chi connectivity index (χ2n) is 8.67. The average Bonchev–Trinajstić information content (AvgIpc) is 3.10. The van der Waals surface area contributed by atoms with Crippen molar-refractivity contribution < 1.29 is 0 Å². The molecule has 1 saturated heterocycles. The summed E-state index contributed by atoms with van der Waals surface area (Å²) in [6.07, 6.45) is 5.88. The fourth-order valence-corrected chi connectivity index (χ4v) is 4.17. The number of aryl methyl sites for hydroxylation is 2. The van der Waals surface area contributed by atoms with E-state index in [1.54, 1.807) is 16.9 Å². The van der Waals surface area contributed by atoms with Gasteiger partial charge >= 0.3 is 0 Å². The predicted octanol–water partition coefficient (Wildman–Crippen LogP) is 2.58. The molecule has 0 spiro atoms. The van der Waals surface area contributed by atoms with Crippen LogP contribution in [0, 0.1) is 13.8 Å². The van der Waals surface area contributed by atoms with Crippen LogP contribution in [0.15, 0.2) is 29.3 Å². The molecule has 0 aliphatic carbocycles. The van der Waals surface area contributed by atoms with Crippen molar-refractivity contribution in [3.8, 4) is 0 Å². The molecule has 1 atom stereocenters. The van der Waals surface area contributed by atoms with E-state index in [0.29, 0.717) is 6.04 Å². The summed E-state index contributed by atoms with van der Waals surface area (Å²) in [5, 5.41) is 4.51. The summed E-state index contributed by atoms with van der Waals surface area (Å²) in [4.78, 5) is 26.4. The van der Waals surface area contributed by atoms with Crippen LogP contribution in [-0.2, 0) is 6.54 Å². The Bertz CT molecular complexity index is 1100. The van der Waals surface area contributed by atoms with Gasteiger partial charge in [0.25, 0.3) is 5.56 Å². The van der Waals surface area contributed by atoms with E-state index < -0.39 is 0 Å². The van der Waals surface area contributed by atoms with Crippen LogP contribution in [0.3, 0.4) is 0 Å². The second-order valence-corrected chi connectivity index (χ2v) is 8.67. The van der Waals surface area contributed by atoms with Gasteiger partial charge in [0.1, 0.15) is 0 Å². The van der Waals surface area contributed by atoms with E-state index in [0.717, 1.165) is 61.0 Å². The summed E-state index contributed by atoms with van der Waals surface area (Å²) in [6, 6.07) is 4.17. The number of anilines is 1. The molecule has 0 saturated carbocycles. The van der Waals surface area contributed by atoms with Crippen LogP contribution in [0.4, 0.5) is 5.69 Å². The fourth-order valence-electron chi connectivity index (χ4n) is 4.17. The van der Waals surface area contributed by atoms with E-state index in [2.05, 4.69) is 52.9 Å². The Balaban J connectivity index is 1.50. The van der Waals surface area contributed by atoms with E-state index >= 15 is 0 Å². The summed E-state index contributed by atoms with van der Waals surface area (Å²) >= 11 is 0. The third-order valence-electron chi connectivity index (χ3n) is 6.02. The Labute approximate surface area is 177 Å². The molecule has 0 bridgehead atoms. The Morgan fingerprint density at radius 1 is 1.23 bits per heavy atom. The number of hydrogen-bond acceptors (Lipinski definition) is 6. The first-order valence-corrected chi connectivity index (χ1v) is 10.7. The quantitative estimate of drug-likeness (QED) is 0.645. The lowest BCUT2D eigenvalue weighted by Crippen LogP contribution is -2.40. The zero-order valence-electron chi connectivity index (χ0n) is 18.5. The van der Waals surface area contributed by atoms with Gasteiger partial charge in [0, 0.05) is 49.8 Å². The maximum absolute atomic E-state index is 12.7. The minimum Gasteiger partial charge on any atom is -0.371 e. The molecule has 8 heteroatoms. The Morgan fingerprint density at radius 3 is 2.77 bits per heavy atom. The fraction of sp³-hybridized carbons (Fsp3) is 0.545. The molecule has 30 heavy (non-hydrogen) atoms. The lowest BCUT2D eigenvalue weighted by atomic mass is 10.1. The van der Waals surface area contributed by atoms with Gasteiger partial charge in [0.2, 0.25) is 5.78 Å². The molecule has 1 aliphatic heterocycles. The highest BCUT2D eigenvalue weighted by Gasteiger charge is 2.24. The van der Waals surface area contributed by atoms with E-state index in [4.69, 9.17) is 4.98 Å². The van der Waals surface area contributed by atoms with Crippen molar-refractivity contribution in [2.75, 3.05) is 25.0 Å². The molecule has 160 valence electrons. The molecule has 1 fully saturated rings. The van der Waals surface area contributed by atoms with Gasteiger partial charge in [0.15, 0.2) is 0 Å². The van der Waals surface area contributed by atoms with Crippen LogP contribution in [0.1, 0.15) is 49.8 Å². The standard InChI is InChI=1S/C22H31N7O/c1-15(2)26(5)20-10-21(30)29(23-11-20)19-7-6-8-27(14-19)12-18-13-28-17(4)9-16(3)24-22(28)25-18/h9-11,13,15,19H,6-8,12,14H2,1-5H3/t19-/m0/s1. The Morgan fingerprint density at radius 2 is 2.03 bits per heavy atom. The number of likely N-dealkylation sites (tertiary alicyclic amines) is 1. The zero-order chi connectivity index (χ0) is 21.4. The third kappa shape index (κ3) is 4.09. The van der Waals surface area contributed by atoms with Gasteiger partial charge in [-0.05, 0) is 53.1 Å². The van der Waals surface area contributed by atoms with Crippen molar-refractivity contribution in [3.05, 3.63) is 52.0 Å². The first-order valence-electron chi connectivity index (χ1n) is 10.7. The van der Waals surface area contributed by atoms with Gasteiger partial charge in [-0.1, -0.05) is 0 Å². The van der Waals surface area contributed by atoms with E-state index in [1.165, 1.54) is 0 Å². The van der Waals surface area contributed by atoms with Gasteiger partial charge in [-0.2, -0.15) is 5.10 Å². The lowest BCUT2D eigenvalue weighted by molar-refractivity contribution is 0.158. The molecular formula is C22H31N7O. The molecular weight excluding hydrogens is 378 g/mol. The molecule has 0 radical (unpaired) electrons. The molecule has 0 amide bonds. The number of piperidine rings is 1. The minimum absolute atomic E-state index is 0.0325. The van der Waals surface area contributed by atoms with E-state index in [-0.39, 0.29) is 11.6 Å². The third-order valence-corrected chi connectivity index (χ3v) is 6.02. The highest BCUT2D eigenvalue weighted by atomic mass is 16.1. The van der Waals surface area contributed by atoms with Gasteiger partial charge in [-0.3, -0.25) is 14.1 Å². The molecule has 0 aromatic carbocycles. The van der Waals surface area contributed by atoms with Crippen molar-refractivity contribution >= 4 is 11.5 Å². The van der Waals surface area contributed by atoms with Crippen LogP contribution < -0.4 is 10.5 Å². The maximum Gasteiger partial charge on any atom is 0.269 e. The maximum atomic E-state index is 12.7. The highest BCUT2D eigenvalue weighted by Crippen LogP contribution is 2.22. The summed E-state index contributed by atoms with van der Waals surface area (Å²) < 4.78 is 3.70. The predicted molar refractivity (Wildman–Crippen MR) is 118 cm³/mol. The van der Waals surface area contributed by atoms with Gasteiger partial charge in [0.05, 0.1) is 23.6 Å². The summed E-state index contributed by atoms with van der Waals surface area (Å²) in [7, 11) is 1.99. The van der Waals surface area contributed by atoms with Crippen LogP contribution in [0.2, 0.25) is 0 Å². The monoisotopic (exact) mass is 409 g/mol. The van der Waals surface area contributed by atoms with Gasteiger partial charge < -0.3 is 4.90 Å². The smallest absolute Gasteiger partial charge is 0.269 e. The molecule has 4 rings (SSSR count). The van der Waals surface area contributed by atoms with Crippen molar-refractivity contribution in [2.24, 2.45) is 0 Å². The van der Waals surface area contributed by atoms with Crippen molar-refractivity contribution in [2.45, 2.75) is 59.2 Å². The number of fused-ring (bicyclic) bond motifs is 1. The second kappa shape index (κ2) is 8.18. The number of nitrogens with zero attached hydrogens (tertiary/aromatic N) is 7. The van der Waals surface area contributed by atoms with E-state index in [1.807, 2.05) is 18.4 Å². The van der Waals surface area contributed by atoms with Crippen LogP contribution in [0.25, 0.3) is 5.78 Å². The first-order chi connectivity index (χ1) is 14.3. The summed E-state index contributed by atoms with van der Waals surface area (Å²) in [5.41, 5.74) is 3.95. The Hall–Kier alpha value is -2.74. The Kier molecular flexibility index (Phi) is 5.60. The van der Waals surface area contributed by atoms with Gasteiger partial charge in [-0.15, -0.1) is 0 Å². The van der Waals surface area contributed by atoms with Crippen molar-refractivity contribution in [1.82, 2.24) is 29.0 Å². The molecule has 3 aromatic rings. The minimum atomic E-state index is -0.0325. The normalized spacial score (nSPS) is 17.7. The average molecular weight is 410 g/mol. The number of rotatable bonds is 5. The van der Waals surface area contributed by atoms with Crippen molar-refractivity contribution in [3.63, 3.8) is 0 Å². The number of hydrogen-bond donors (Lipinski definition) is 0. The first kappa shape index (κ1) is 20.5. The van der Waals surface area contributed by atoms with E-state index in [9.17, 15) is 4.79 Å². The zero-order valence-corrected chi connectivity index (χ0v) is 18.5. The molecule has 3 aromatic heterocycles. The molecule has 0 N–H and O–H groups in total. The number of imidazole rings is 1. The highest BCUT2D eigenvalue weighted by molar-refractivity contribution is 5.42.